The van der Waals surface area contributed by atoms with E-state index >= 15 is 0 Å². The number of carboxylic acid groups (broad SMARTS) is 1. The van der Waals surface area contributed by atoms with Gasteiger partial charge in [0.15, 0.2) is 0 Å². The van der Waals surface area contributed by atoms with Crippen LogP contribution in [0.3, 0.4) is 0 Å². The van der Waals surface area contributed by atoms with Crippen LogP contribution < -0.4 is 15.1 Å². The second-order valence-electron chi connectivity index (χ2n) is 6.97. The van der Waals surface area contributed by atoms with Gasteiger partial charge < -0.3 is 14.9 Å². The molecule has 6 heteroatoms. The zero-order valence-corrected chi connectivity index (χ0v) is 16.5. The molecule has 0 aliphatic heterocycles. The summed E-state index contributed by atoms with van der Waals surface area (Å²) in [6.45, 7) is 4.35. The van der Waals surface area contributed by atoms with Gasteiger partial charge in [-0.1, -0.05) is 47.7 Å². The summed E-state index contributed by atoms with van der Waals surface area (Å²) < 4.78 is 5.31. The summed E-state index contributed by atoms with van der Waals surface area (Å²) in [4.78, 5) is 23.3. The predicted octanol–water partition coefficient (Wildman–Crippen LogP) is 3.13. The third-order valence-corrected chi connectivity index (χ3v) is 8.30. The fourth-order valence-electron chi connectivity index (χ4n) is 2.90. The van der Waals surface area contributed by atoms with Gasteiger partial charge in [0.25, 0.3) is 0 Å². The van der Waals surface area contributed by atoms with Gasteiger partial charge in [0, 0.05) is 0 Å². The van der Waals surface area contributed by atoms with Crippen LogP contribution in [-0.2, 0) is 0 Å². The number of esters is 1. The number of carbonyl (C=O) groups is 2. The number of aromatic hydroxyl groups is 1. The Bertz CT molecular complexity index is 991. The number of hydrogen-bond acceptors (Lipinski definition) is 4. The lowest BCUT2D eigenvalue weighted by molar-refractivity contribution is 0.0694. The van der Waals surface area contributed by atoms with Gasteiger partial charge >= 0.3 is 11.9 Å². The molecule has 0 saturated heterocycles. The molecule has 0 bridgehead atoms. The van der Waals surface area contributed by atoms with Crippen molar-refractivity contribution in [3.63, 3.8) is 0 Å². The number of phenols is 1. The Kier molecular flexibility index (Phi) is 5.33. The first-order chi connectivity index (χ1) is 13.3. The standard InChI is InChI=1S/C22H20O5Si/c1-28(2,19-11-3-15(4-12-19)21(24)25)20-13-5-16(6-14-20)22(26)27-18-9-7-17(23)8-10-18/h3-14,23H,1-2H3,(H,24,25). The van der Waals surface area contributed by atoms with Crippen molar-refractivity contribution in [1.82, 2.24) is 0 Å². The maximum Gasteiger partial charge on any atom is 0.343 e. The minimum absolute atomic E-state index is 0.104. The number of carbonyl (C=O) groups excluding carboxylic acids is 1. The van der Waals surface area contributed by atoms with Crippen molar-refractivity contribution in [3.8, 4) is 11.5 Å². The summed E-state index contributed by atoms with van der Waals surface area (Å²) in [5, 5.41) is 20.6. The smallest absolute Gasteiger partial charge is 0.343 e. The van der Waals surface area contributed by atoms with E-state index in [1.54, 1.807) is 24.3 Å². The molecule has 3 aromatic rings. The fourth-order valence-corrected chi connectivity index (χ4v) is 5.23. The van der Waals surface area contributed by atoms with Crippen LogP contribution in [0.15, 0.2) is 72.8 Å². The summed E-state index contributed by atoms with van der Waals surface area (Å²) in [7, 11) is -2.02. The molecule has 3 aromatic carbocycles. The van der Waals surface area contributed by atoms with Crippen LogP contribution in [-0.4, -0.2) is 30.2 Å². The lowest BCUT2D eigenvalue weighted by atomic mass is 10.2. The van der Waals surface area contributed by atoms with Crippen LogP contribution in [0.25, 0.3) is 0 Å². The quantitative estimate of drug-likeness (QED) is 0.396. The van der Waals surface area contributed by atoms with E-state index in [0.29, 0.717) is 11.3 Å². The summed E-state index contributed by atoms with van der Waals surface area (Å²) in [6, 6.07) is 20.2. The van der Waals surface area contributed by atoms with Gasteiger partial charge in [0.2, 0.25) is 0 Å². The van der Waals surface area contributed by atoms with Crippen molar-refractivity contribution >= 4 is 30.4 Å². The molecule has 0 spiro atoms. The number of ether oxygens (including phenoxy) is 1. The van der Waals surface area contributed by atoms with Gasteiger partial charge in [0.05, 0.1) is 11.1 Å². The minimum atomic E-state index is -2.02. The first-order valence-electron chi connectivity index (χ1n) is 8.73. The number of aromatic carboxylic acids is 1. The van der Waals surface area contributed by atoms with E-state index in [-0.39, 0.29) is 11.3 Å². The van der Waals surface area contributed by atoms with Crippen molar-refractivity contribution in [2.45, 2.75) is 13.1 Å². The van der Waals surface area contributed by atoms with Gasteiger partial charge in [-0.25, -0.2) is 9.59 Å². The molecule has 0 heterocycles. The van der Waals surface area contributed by atoms with Gasteiger partial charge in [-0.05, 0) is 48.5 Å². The predicted molar refractivity (Wildman–Crippen MR) is 110 cm³/mol. The number of phenolic OH excluding ortho intramolecular Hbond substituents is 1. The zero-order valence-electron chi connectivity index (χ0n) is 15.5. The highest BCUT2D eigenvalue weighted by molar-refractivity contribution is 7.00. The second-order valence-corrected chi connectivity index (χ2v) is 11.4. The van der Waals surface area contributed by atoms with Gasteiger partial charge in [-0.3, -0.25) is 0 Å². The number of carboxylic acids is 1. The van der Waals surface area contributed by atoms with Crippen LogP contribution in [0.2, 0.25) is 13.1 Å². The molecular weight excluding hydrogens is 372 g/mol. The molecule has 0 saturated carbocycles. The van der Waals surface area contributed by atoms with Crippen LogP contribution >= 0.6 is 0 Å². The van der Waals surface area contributed by atoms with E-state index < -0.39 is 20.0 Å². The van der Waals surface area contributed by atoms with Crippen LogP contribution in [0.1, 0.15) is 20.7 Å². The van der Waals surface area contributed by atoms with E-state index in [4.69, 9.17) is 9.84 Å². The molecule has 5 nitrogen and oxygen atoms in total. The molecule has 2 N–H and O–H groups in total. The Morgan fingerprint density at radius 1 is 0.750 bits per heavy atom. The summed E-state index contributed by atoms with van der Waals surface area (Å²) in [5.74, 6) is -0.946. The Morgan fingerprint density at radius 3 is 1.68 bits per heavy atom. The molecule has 0 aliphatic rings. The summed E-state index contributed by atoms with van der Waals surface area (Å²) in [5.41, 5.74) is 0.698. The Morgan fingerprint density at radius 2 is 1.21 bits per heavy atom. The molecule has 0 aliphatic carbocycles. The maximum atomic E-state index is 12.3. The van der Waals surface area contributed by atoms with Crippen LogP contribution in [0, 0.1) is 0 Å². The zero-order chi connectivity index (χ0) is 20.3. The third kappa shape index (κ3) is 4.13. The molecular formula is C22H20O5Si. The summed E-state index contributed by atoms with van der Waals surface area (Å²) in [6.07, 6.45) is 0. The van der Waals surface area contributed by atoms with Gasteiger partial charge in [-0.15, -0.1) is 0 Å². The first-order valence-corrected chi connectivity index (χ1v) is 11.7. The minimum Gasteiger partial charge on any atom is -0.508 e. The highest BCUT2D eigenvalue weighted by Crippen LogP contribution is 2.17. The highest BCUT2D eigenvalue weighted by Gasteiger charge is 2.26. The van der Waals surface area contributed by atoms with Crippen molar-refractivity contribution in [3.05, 3.63) is 83.9 Å². The molecule has 0 radical (unpaired) electrons. The van der Waals surface area contributed by atoms with Crippen molar-refractivity contribution < 1.29 is 24.5 Å². The number of rotatable bonds is 5. The third-order valence-electron chi connectivity index (χ3n) is 4.74. The largest absolute Gasteiger partial charge is 0.508 e. The summed E-state index contributed by atoms with van der Waals surface area (Å²) >= 11 is 0. The van der Waals surface area contributed by atoms with Crippen molar-refractivity contribution in [2.24, 2.45) is 0 Å². The van der Waals surface area contributed by atoms with E-state index in [2.05, 4.69) is 13.1 Å². The second kappa shape index (κ2) is 7.70. The SMILES string of the molecule is C[Si](C)(c1ccc(C(=O)O)cc1)c1ccc(C(=O)Oc2ccc(O)cc2)cc1. The average Bonchev–Trinajstić information content (AvgIpc) is 2.70. The molecule has 0 unspecified atom stereocenters. The first kappa shape index (κ1) is 19.4. The fraction of sp³-hybridized carbons (Fsp3) is 0.0909. The lowest BCUT2D eigenvalue weighted by Gasteiger charge is -2.24. The maximum absolute atomic E-state index is 12.3. The highest BCUT2D eigenvalue weighted by atomic mass is 28.3. The van der Waals surface area contributed by atoms with Crippen molar-refractivity contribution in [2.75, 3.05) is 0 Å². The molecule has 0 fully saturated rings. The molecule has 0 atom stereocenters. The molecule has 28 heavy (non-hydrogen) atoms. The van der Waals surface area contributed by atoms with E-state index in [1.165, 1.54) is 24.3 Å². The lowest BCUT2D eigenvalue weighted by Crippen LogP contribution is -2.52. The molecule has 0 amide bonds. The monoisotopic (exact) mass is 392 g/mol. The topological polar surface area (TPSA) is 83.8 Å². The Hall–Kier alpha value is -3.38. The van der Waals surface area contributed by atoms with Crippen molar-refractivity contribution in [1.29, 1.82) is 0 Å². The van der Waals surface area contributed by atoms with E-state index in [0.717, 1.165) is 10.4 Å². The van der Waals surface area contributed by atoms with Crippen LogP contribution in [0.5, 0.6) is 11.5 Å². The average molecular weight is 392 g/mol. The van der Waals surface area contributed by atoms with E-state index in [1.807, 2.05) is 24.3 Å². The molecule has 3 rings (SSSR count). The van der Waals surface area contributed by atoms with Gasteiger partial charge in [0.1, 0.15) is 19.6 Å². The van der Waals surface area contributed by atoms with E-state index in [9.17, 15) is 14.7 Å². The van der Waals surface area contributed by atoms with Crippen LogP contribution in [0.4, 0.5) is 0 Å². The Balaban J connectivity index is 1.77. The molecule has 0 aromatic heterocycles. The Labute approximate surface area is 163 Å². The molecule has 142 valence electrons. The normalized spacial score (nSPS) is 11.1. The van der Waals surface area contributed by atoms with Gasteiger partial charge in [-0.2, -0.15) is 0 Å². The number of hydrogen-bond donors (Lipinski definition) is 2. The number of benzene rings is 3.